The second kappa shape index (κ2) is 7.63. The van der Waals surface area contributed by atoms with Crippen LogP contribution in [0.3, 0.4) is 0 Å². The van der Waals surface area contributed by atoms with Crippen molar-refractivity contribution in [2.24, 2.45) is 5.92 Å². The van der Waals surface area contributed by atoms with Crippen LogP contribution >= 0.6 is 0 Å². The monoisotopic (exact) mass is 302 g/mol. The van der Waals surface area contributed by atoms with Gasteiger partial charge in [0.15, 0.2) is 0 Å². The van der Waals surface area contributed by atoms with Gasteiger partial charge in [-0.1, -0.05) is 19.3 Å². The average Bonchev–Trinajstić information content (AvgIpc) is 2.61. The number of nitrogens with one attached hydrogen (secondary N) is 1. The number of carbonyl (C=O) groups excluding carboxylic acids is 1. The molecule has 0 aromatic heterocycles. The molecule has 4 nitrogen and oxygen atoms in total. The Morgan fingerprint density at radius 1 is 1.09 bits per heavy atom. The second-order valence-electron chi connectivity index (χ2n) is 6.36. The van der Waals surface area contributed by atoms with Gasteiger partial charge in [0.25, 0.3) is 5.91 Å². The Bertz CT molecular complexity index is 474. The minimum absolute atomic E-state index is 0.0547. The summed E-state index contributed by atoms with van der Waals surface area (Å²) < 4.78 is 5.37. The fraction of sp³-hybridized carbons (Fsp3) is 0.611. The van der Waals surface area contributed by atoms with Crippen molar-refractivity contribution in [3.05, 3.63) is 29.8 Å². The first-order valence-corrected chi connectivity index (χ1v) is 8.54. The highest BCUT2D eigenvalue weighted by molar-refractivity contribution is 5.94. The van der Waals surface area contributed by atoms with E-state index in [1.807, 2.05) is 24.3 Å². The molecule has 0 spiro atoms. The lowest BCUT2D eigenvalue weighted by atomic mass is 9.89. The van der Waals surface area contributed by atoms with Gasteiger partial charge in [0.05, 0.1) is 13.2 Å². The Morgan fingerprint density at radius 2 is 1.77 bits per heavy atom. The van der Waals surface area contributed by atoms with E-state index in [0.29, 0.717) is 5.92 Å². The Balaban J connectivity index is 1.51. The highest BCUT2D eigenvalue weighted by atomic mass is 16.5. The van der Waals surface area contributed by atoms with Crippen LogP contribution in [0.1, 0.15) is 42.5 Å². The fourth-order valence-electron chi connectivity index (χ4n) is 3.38. The van der Waals surface area contributed by atoms with Crippen molar-refractivity contribution in [3.8, 4) is 0 Å². The lowest BCUT2D eigenvalue weighted by Crippen LogP contribution is -2.36. The van der Waals surface area contributed by atoms with Crippen molar-refractivity contribution >= 4 is 11.6 Å². The summed E-state index contributed by atoms with van der Waals surface area (Å²) in [4.78, 5) is 14.5. The number of hydrogen-bond acceptors (Lipinski definition) is 3. The Morgan fingerprint density at radius 3 is 2.45 bits per heavy atom. The minimum atomic E-state index is 0.0547. The van der Waals surface area contributed by atoms with E-state index in [2.05, 4.69) is 10.2 Å². The predicted octanol–water partition coefficient (Wildman–Crippen LogP) is 2.83. The SMILES string of the molecule is O=C(NCC1CCCCC1)c1ccc(N2CCOCC2)cc1. The molecule has 1 heterocycles. The number of anilines is 1. The third kappa shape index (κ3) is 4.01. The van der Waals surface area contributed by atoms with E-state index in [-0.39, 0.29) is 5.91 Å². The molecule has 120 valence electrons. The maximum Gasteiger partial charge on any atom is 0.251 e. The van der Waals surface area contributed by atoms with Crippen LogP contribution in [0.5, 0.6) is 0 Å². The van der Waals surface area contributed by atoms with Crippen LogP contribution < -0.4 is 10.2 Å². The number of rotatable bonds is 4. The van der Waals surface area contributed by atoms with Gasteiger partial charge in [-0.05, 0) is 43.0 Å². The molecule has 1 saturated heterocycles. The smallest absolute Gasteiger partial charge is 0.251 e. The molecule has 4 heteroatoms. The van der Waals surface area contributed by atoms with Crippen molar-refractivity contribution in [2.75, 3.05) is 37.7 Å². The molecule has 1 aromatic carbocycles. The molecular formula is C18H26N2O2. The molecule has 0 atom stereocenters. The molecule has 1 aliphatic carbocycles. The van der Waals surface area contributed by atoms with Gasteiger partial charge in [-0.15, -0.1) is 0 Å². The minimum Gasteiger partial charge on any atom is -0.378 e. The van der Waals surface area contributed by atoms with Crippen LogP contribution in [0.2, 0.25) is 0 Å². The van der Waals surface area contributed by atoms with Crippen molar-refractivity contribution in [3.63, 3.8) is 0 Å². The first-order valence-electron chi connectivity index (χ1n) is 8.54. The molecule has 0 bridgehead atoms. The Hall–Kier alpha value is -1.55. The van der Waals surface area contributed by atoms with Crippen molar-refractivity contribution in [2.45, 2.75) is 32.1 Å². The Labute approximate surface area is 132 Å². The third-order valence-electron chi connectivity index (χ3n) is 4.78. The zero-order chi connectivity index (χ0) is 15.2. The van der Waals surface area contributed by atoms with Gasteiger partial charge >= 0.3 is 0 Å². The summed E-state index contributed by atoms with van der Waals surface area (Å²) in [6, 6.07) is 7.95. The molecular weight excluding hydrogens is 276 g/mol. The summed E-state index contributed by atoms with van der Waals surface area (Å²) in [5, 5.41) is 3.10. The van der Waals surface area contributed by atoms with E-state index in [1.165, 1.54) is 37.8 Å². The van der Waals surface area contributed by atoms with Crippen LogP contribution in [0.15, 0.2) is 24.3 Å². The number of hydrogen-bond donors (Lipinski definition) is 1. The molecule has 1 N–H and O–H groups in total. The zero-order valence-corrected chi connectivity index (χ0v) is 13.2. The maximum absolute atomic E-state index is 12.2. The van der Waals surface area contributed by atoms with Gasteiger partial charge in [0.2, 0.25) is 0 Å². The fourth-order valence-corrected chi connectivity index (χ4v) is 3.38. The highest BCUT2D eigenvalue weighted by Crippen LogP contribution is 2.23. The molecule has 22 heavy (non-hydrogen) atoms. The van der Waals surface area contributed by atoms with Gasteiger partial charge < -0.3 is 15.0 Å². The predicted molar refractivity (Wildman–Crippen MR) is 88.4 cm³/mol. The Kier molecular flexibility index (Phi) is 5.33. The zero-order valence-electron chi connectivity index (χ0n) is 13.2. The van der Waals surface area contributed by atoms with E-state index in [9.17, 15) is 4.79 Å². The van der Waals surface area contributed by atoms with Crippen LogP contribution in [-0.2, 0) is 4.74 Å². The van der Waals surface area contributed by atoms with Crippen LogP contribution in [0.25, 0.3) is 0 Å². The van der Waals surface area contributed by atoms with E-state index < -0.39 is 0 Å². The van der Waals surface area contributed by atoms with E-state index in [0.717, 1.165) is 38.4 Å². The number of morpholine rings is 1. The molecule has 1 aromatic rings. The molecule has 1 aliphatic heterocycles. The lowest BCUT2D eigenvalue weighted by Gasteiger charge is -2.28. The van der Waals surface area contributed by atoms with Crippen molar-refractivity contribution in [1.29, 1.82) is 0 Å². The lowest BCUT2D eigenvalue weighted by molar-refractivity contribution is 0.0943. The standard InChI is InChI=1S/C18H26N2O2/c21-18(19-14-15-4-2-1-3-5-15)16-6-8-17(9-7-16)20-10-12-22-13-11-20/h6-9,15H,1-5,10-14H2,(H,19,21). The van der Waals surface area contributed by atoms with Gasteiger partial charge in [-0.3, -0.25) is 4.79 Å². The summed E-state index contributed by atoms with van der Waals surface area (Å²) in [5.41, 5.74) is 1.93. The number of nitrogens with zero attached hydrogens (tertiary/aromatic N) is 1. The highest BCUT2D eigenvalue weighted by Gasteiger charge is 2.15. The average molecular weight is 302 g/mol. The number of amides is 1. The maximum atomic E-state index is 12.2. The van der Waals surface area contributed by atoms with Gasteiger partial charge in [-0.25, -0.2) is 0 Å². The molecule has 3 rings (SSSR count). The molecule has 0 unspecified atom stereocenters. The van der Waals surface area contributed by atoms with E-state index in [1.54, 1.807) is 0 Å². The van der Waals surface area contributed by atoms with Crippen LogP contribution in [0, 0.1) is 5.92 Å². The summed E-state index contributed by atoms with van der Waals surface area (Å²) in [7, 11) is 0. The third-order valence-corrected chi connectivity index (χ3v) is 4.78. The molecule has 1 saturated carbocycles. The number of ether oxygens (including phenoxy) is 1. The molecule has 1 amide bonds. The van der Waals surface area contributed by atoms with Crippen LogP contribution in [-0.4, -0.2) is 38.8 Å². The summed E-state index contributed by atoms with van der Waals surface area (Å²) >= 11 is 0. The first kappa shape index (κ1) is 15.3. The molecule has 2 aliphatic rings. The summed E-state index contributed by atoms with van der Waals surface area (Å²) in [6.07, 6.45) is 6.50. The quantitative estimate of drug-likeness (QED) is 0.930. The van der Waals surface area contributed by atoms with E-state index >= 15 is 0 Å². The second-order valence-corrected chi connectivity index (χ2v) is 6.36. The molecule has 2 fully saturated rings. The van der Waals surface area contributed by atoms with Crippen molar-refractivity contribution in [1.82, 2.24) is 5.32 Å². The van der Waals surface area contributed by atoms with Gasteiger partial charge in [0, 0.05) is 30.9 Å². The largest absolute Gasteiger partial charge is 0.378 e. The van der Waals surface area contributed by atoms with Crippen LogP contribution in [0.4, 0.5) is 5.69 Å². The van der Waals surface area contributed by atoms with E-state index in [4.69, 9.17) is 4.74 Å². The summed E-state index contributed by atoms with van der Waals surface area (Å²) in [6.45, 7) is 4.23. The normalized spacial score (nSPS) is 19.9. The van der Waals surface area contributed by atoms with Gasteiger partial charge in [-0.2, -0.15) is 0 Å². The molecule has 0 radical (unpaired) electrons. The summed E-state index contributed by atoms with van der Waals surface area (Å²) in [5.74, 6) is 0.726. The van der Waals surface area contributed by atoms with Gasteiger partial charge in [0.1, 0.15) is 0 Å². The number of carbonyl (C=O) groups is 1. The topological polar surface area (TPSA) is 41.6 Å². The first-order chi connectivity index (χ1) is 10.8. The van der Waals surface area contributed by atoms with Crippen molar-refractivity contribution < 1.29 is 9.53 Å². The number of benzene rings is 1.